The molecule has 2 aromatic heterocycles. The Morgan fingerprint density at radius 2 is 2.33 bits per heavy atom. The van der Waals surface area contributed by atoms with Crippen molar-refractivity contribution in [2.24, 2.45) is 0 Å². The lowest BCUT2D eigenvalue weighted by atomic mass is 10.1. The molecule has 3 nitrogen and oxygen atoms in total. The van der Waals surface area contributed by atoms with Gasteiger partial charge in [0.25, 0.3) is 0 Å². The minimum Gasteiger partial charge on any atom is -0.480 e. The van der Waals surface area contributed by atoms with Crippen molar-refractivity contribution in [1.29, 1.82) is 5.26 Å². The fourth-order valence-corrected chi connectivity index (χ4v) is 2.10. The van der Waals surface area contributed by atoms with Gasteiger partial charge in [0.2, 0.25) is 5.88 Å². The summed E-state index contributed by atoms with van der Waals surface area (Å²) in [6.45, 7) is 0. The third-order valence-corrected chi connectivity index (χ3v) is 2.91. The fourth-order valence-electron chi connectivity index (χ4n) is 1.34. The zero-order chi connectivity index (χ0) is 10.7. The van der Waals surface area contributed by atoms with Crippen molar-refractivity contribution < 1.29 is 4.74 Å². The number of hydrogen-bond donors (Lipinski definition) is 0. The van der Waals surface area contributed by atoms with E-state index in [9.17, 15) is 0 Å². The van der Waals surface area contributed by atoms with Crippen LogP contribution in [0.4, 0.5) is 0 Å². The van der Waals surface area contributed by atoms with Crippen molar-refractivity contribution >= 4 is 11.3 Å². The van der Waals surface area contributed by atoms with Crippen LogP contribution >= 0.6 is 11.3 Å². The summed E-state index contributed by atoms with van der Waals surface area (Å²) >= 11 is 1.59. The molecule has 0 aromatic carbocycles. The van der Waals surface area contributed by atoms with Gasteiger partial charge < -0.3 is 4.74 Å². The molecule has 0 aliphatic rings. The van der Waals surface area contributed by atoms with Crippen LogP contribution in [0.5, 0.6) is 5.88 Å². The molecule has 0 aliphatic heterocycles. The summed E-state index contributed by atoms with van der Waals surface area (Å²) in [5.74, 6) is 0.378. The van der Waals surface area contributed by atoms with Gasteiger partial charge in [-0.15, -0.1) is 11.3 Å². The van der Waals surface area contributed by atoms with E-state index in [1.54, 1.807) is 17.5 Å². The summed E-state index contributed by atoms with van der Waals surface area (Å²) in [7, 11) is 1.52. The average Bonchev–Trinajstić information content (AvgIpc) is 2.81. The molecule has 0 bridgehead atoms. The molecule has 0 fully saturated rings. The standard InChI is InChI=1S/C11H8N2OS/c1-14-11-9(7-12)8(4-5-13-11)10-3-2-6-15-10/h2-6H,1H3. The Bertz CT molecular complexity index is 500. The van der Waals surface area contributed by atoms with E-state index < -0.39 is 0 Å². The number of thiophene rings is 1. The maximum atomic E-state index is 9.06. The molecule has 0 saturated carbocycles. The van der Waals surface area contributed by atoms with E-state index in [-0.39, 0.29) is 0 Å². The Labute approximate surface area is 91.6 Å². The molecule has 2 aromatic rings. The third-order valence-electron chi connectivity index (χ3n) is 2.01. The number of aromatic nitrogens is 1. The van der Waals surface area contributed by atoms with E-state index in [1.165, 1.54) is 7.11 Å². The summed E-state index contributed by atoms with van der Waals surface area (Å²) < 4.78 is 5.05. The van der Waals surface area contributed by atoms with Crippen LogP contribution in [0.2, 0.25) is 0 Å². The molecule has 4 heteroatoms. The van der Waals surface area contributed by atoms with Gasteiger partial charge in [0.15, 0.2) is 0 Å². The molecule has 0 amide bonds. The molecule has 2 heterocycles. The van der Waals surface area contributed by atoms with Crippen molar-refractivity contribution in [3.63, 3.8) is 0 Å². The number of methoxy groups -OCH3 is 1. The number of nitriles is 1. The predicted octanol–water partition coefficient (Wildman–Crippen LogP) is 2.69. The van der Waals surface area contributed by atoms with Gasteiger partial charge in [0.1, 0.15) is 11.6 Å². The second-order valence-corrected chi connectivity index (χ2v) is 3.78. The molecule has 0 spiro atoms. The van der Waals surface area contributed by atoms with Crippen molar-refractivity contribution in [2.45, 2.75) is 0 Å². The SMILES string of the molecule is COc1nccc(-c2cccs2)c1C#N. The summed E-state index contributed by atoms with van der Waals surface area (Å²) in [6, 6.07) is 7.87. The second kappa shape index (κ2) is 4.11. The second-order valence-electron chi connectivity index (χ2n) is 2.83. The Morgan fingerprint density at radius 1 is 1.47 bits per heavy atom. The molecular formula is C11H8N2OS. The van der Waals surface area contributed by atoms with Crippen molar-refractivity contribution in [2.75, 3.05) is 7.11 Å². The summed E-state index contributed by atoms with van der Waals surface area (Å²) in [5, 5.41) is 11.0. The molecular weight excluding hydrogens is 208 g/mol. The topological polar surface area (TPSA) is 45.9 Å². The summed E-state index contributed by atoms with van der Waals surface area (Å²) in [6.07, 6.45) is 1.65. The molecule has 0 saturated heterocycles. The molecule has 74 valence electrons. The Balaban J connectivity index is 2.63. The lowest BCUT2D eigenvalue weighted by molar-refractivity contribution is 0.397. The van der Waals surface area contributed by atoms with Gasteiger partial charge in [0, 0.05) is 16.6 Å². The van der Waals surface area contributed by atoms with Crippen LogP contribution in [-0.2, 0) is 0 Å². The Morgan fingerprint density at radius 3 is 2.93 bits per heavy atom. The minimum absolute atomic E-state index is 0.378. The van der Waals surface area contributed by atoms with Crippen molar-refractivity contribution in [1.82, 2.24) is 4.98 Å². The van der Waals surface area contributed by atoms with Crippen LogP contribution in [0.3, 0.4) is 0 Å². The number of ether oxygens (including phenoxy) is 1. The van der Waals surface area contributed by atoms with Crippen LogP contribution in [0, 0.1) is 11.3 Å². The number of hydrogen-bond acceptors (Lipinski definition) is 4. The first-order valence-corrected chi connectivity index (χ1v) is 5.21. The quantitative estimate of drug-likeness (QED) is 0.775. The van der Waals surface area contributed by atoms with Gasteiger partial charge in [-0.1, -0.05) is 6.07 Å². The van der Waals surface area contributed by atoms with E-state index in [1.807, 2.05) is 23.6 Å². The van der Waals surface area contributed by atoms with Crippen LogP contribution < -0.4 is 4.74 Å². The number of rotatable bonds is 2. The van der Waals surface area contributed by atoms with Crippen LogP contribution in [0.15, 0.2) is 29.8 Å². The van der Waals surface area contributed by atoms with E-state index >= 15 is 0 Å². The van der Waals surface area contributed by atoms with E-state index in [2.05, 4.69) is 11.1 Å². The highest BCUT2D eigenvalue weighted by molar-refractivity contribution is 7.13. The van der Waals surface area contributed by atoms with Gasteiger partial charge in [-0.3, -0.25) is 0 Å². The lowest BCUT2D eigenvalue weighted by Crippen LogP contribution is -1.93. The maximum absolute atomic E-state index is 9.06. The molecule has 0 atom stereocenters. The van der Waals surface area contributed by atoms with Crippen LogP contribution in [0.25, 0.3) is 10.4 Å². The fraction of sp³-hybridized carbons (Fsp3) is 0.0909. The largest absolute Gasteiger partial charge is 0.480 e. The van der Waals surface area contributed by atoms with Crippen molar-refractivity contribution in [3.05, 3.63) is 35.3 Å². The van der Waals surface area contributed by atoms with E-state index in [0.717, 1.165) is 10.4 Å². The number of nitrogens with zero attached hydrogens (tertiary/aromatic N) is 2. The minimum atomic E-state index is 0.378. The average molecular weight is 216 g/mol. The summed E-state index contributed by atoms with van der Waals surface area (Å²) in [5.41, 5.74) is 1.36. The highest BCUT2D eigenvalue weighted by Crippen LogP contribution is 2.31. The first-order valence-electron chi connectivity index (χ1n) is 4.33. The van der Waals surface area contributed by atoms with Gasteiger partial charge in [-0.25, -0.2) is 4.98 Å². The molecule has 2 rings (SSSR count). The van der Waals surface area contributed by atoms with Crippen LogP contribution in [-0.4, -0.2) is 12.1 Å². The van der Waals surface area contributed by atoms with Gasteiger partial charge in [-0.2, -0.15) is 5.26 Å². The zero-order valence-corrected chi connectivity index (χ0v) is 8.91. The first-order chi connectivity index (χ1) is 7.36. The smallest absolute Gasteiger partial charge is 0.232 e. The first kappa shape index (κ1) is 9.69. The molecule has 0 N–H and O–H groups in total. The molecule has 0 radical (unpaired) electrons. The molecule has 0 unspecified atom stereocenters. The highest BCUT2D eigenvalue weighted by atomic mass is 32.1. The Hall–Kier alpha value is -1.86. The van der Waals surface area contributed by atoms with Gasteiger partial charge in [-0.05, 0) is 17.5 Å². The number of pyridine rings is 1. The van der Waals surface area contributed by atoms with Gasteiger partial charge in [0.05, 0.1) is 7.11 Å². The summed E-state index contributed by atoms with van der Waals surface area (Å²) in [4.78, 5) is 5.05. The van der Waals surface area contributed by atoms with Crippen molar-refractivity contribution in [3.8, 4) is 22.4 Å². The zero-order valence-electron chi connectivity index (χ0n) is 8.10. The van der Waals surface area contributed by atoms with Crippen LogP contribution in [0.1, 0.15) is 5.56 Å². The van der Waals surface area contributed by atoms with E-state index in [4.69, 9.17) is 10.00 Å². The normalized spacial score (nSPS) is 9.60. The van der Waals surface area contributed by atoms with E-state index in [0.29, 0.717) is 11.4 Å². The molecule has 15 heavy (non-hydrogen) atoms. The van der Waals surface area contributed by atoms with Gasteiger partial charge >= 0.3 is 0 Å². The monoisotopic (exact) mass is 216 g/mol. The predicted molar refractivity (Wildman–Crippen MR) is 58.8 cm³/mol. The molecule has 0 aliphatic carbocycles. The lowest BCUT2D eigenvalue weighted by Gasteiger charge is -2.04. The Kier molecular flexibility index (Phi) is 2.66. The highest BCUT2D eigenvalue weighted by Gasteiger charge is 2.11. The maximum Gasteiger partial charge on any atom is 0.232 e. The third kappa shape index (κ3) is 1.69.